The molecule has 0 aromatic rings. The number of carbonyl (C=O) groups excluding carboxylic acids is 1. The topological polar surface area (TPSA) is 38.3 Å². The van der Waals surface area contributed by atoms with Crippen molar-refractivity contribution in [2.45, 2.75) is 32.6 Å². The van der Waals surface area contributed by atoms with Crippen LogP contribution in [0, 0.1) is 11.3 Å². The van der Waals surface area contributed by atoms with Gasteiger partial charge in [0.2, 0.25) is 0 Å². The maximum Gasteiger partial charge on any atom is 0.310 e. The first kappa shape index (κ1) is 9.97. The molecule has 1 heterocycles. The van der Waals surface area contributed by atoms with Crippen LogP contribution >= 0.6 is 0 Å². The second-order valence-electron chi connectivity index (χ2n) is 4.51. The summed E-state index contributed by atoms with van der Waals surface area (Å²) >= 11 is 0. The van der Waals surface area contributed by atoms with Crippen LogP contribution in [0.3, 0.4) is 0 Å². The Labute approximate surface area is 85.2 Å². The lowest BCUT2D eigenvalue weighted by Crippen LogP contribution is -2.33. The van der Waals surface area contributed by atoms with Crippen LogP contribution in [-0.4, -0.2) is 25.7 Å². The van der Waals surface area contributed by atoms with Gasteiger partial charge in [0.05, 0.1) is 12.5 Å². The third-order valence-electron chi connectivity index (χ3n) is 3.74. The van der Waals surface area contributed by atoms with Crippen LogP contribution in [0.1, 0.15) is 32.6 Å². The standard InChI is InChI=1S/C11H19NO2/c1-2-14-10(13)9-7-12-8-11(9)5-3-4-6-11/h9,12H,2-8H2,1H3/t9-/m1/s1. The van der Waals surface area contributed by atoms with E-state index in [1.54, 1.807) is 0 Å². The van der Waals surface area contributed by atoms with E-state index in [0.29, 0.717) is 6.61 Å². The molecule has 1 atom stereocenters. The van der Waals surface area contributed by atoms with Gasteiger partial charge in [-0.25, -0.2) is 0 Å². The molecular formula is C11H19NO2. The van der Waals surface area contributed by atoms with E-state index in [-0.39, 0.29) is 17.3 Å². The zero-order valence-electron chi connectivity index (χ0n) is 8.84. The fourth-order valence-corrected chi connectivity index (χ4v) is 2.99. The van der Waals surface area contributed by atoms with E-state index in [2.05, 4.69) is 5.32 Å². The Kier molecular flexibility index (Phi) is 2.77. The monoisotopic (exact) mass is 197 g/mol. The number of esters is 1. The maximum absolute atomic E-state index is 11.7. The van der Waals surface area contributed by atoms with Crippen molar-refractivity contribution in [1.82, 2.24) is 5.32 Å². The number of carbonyl (C=O) groups is 1. The molecule has 1 N–H and O–H groups in total. The van der Waals surface area contributed by atoms with Gasteiger partial charge in [0, 0.05) is 13.1 Å². The lowest BCUT2D eigenvalue weighted by Gasteiger charge is -2.28. The Hall–Kier alpha value is -0.570. The summed E-state index contributed by atoms with van der Waals surface area (Å²) < 4.78 is 5.13. The van der Waals surface area contributed by atoms with Gasteiger partial charge < -0.3 is 10.1 Å². The van der Waals surface area contributed by atoms with Gasteiger partial charge in [-0.1, -0.05) is 12.8 Å². The molecule has 1 saturated heterocycles. The second-order valence-corrected chi connectivity index (χ2v) is 4.51. The van der Waals surface area contributed by atoms with Crippen LogP contribution in [0.15, 0.2) is 0 Å². The molecule has 2 aliphatic rings. The van der Waals surface area contributed by atoms with Gasteiger partial charge in [0.25, 0.3) is 0 Å². The van der Waals surface area contributed by atoms with Gasteiger partial charge >= 0.3 is 5.97 Å². The Morgan fingerprint density at radius 2 is 2.21 bits per heavy atom. The van der Waals surface area contributed by atoms with E-state index in [9.17, 15) is 4.79 Å². The predicted octanol–water partition coefficient (Wildman–Crippen LogP) is 1.33. The molecule has 3 nitrogen and oxygen atoms in total. The van der Waals surface area contributed by atoms with Gasteiger partial charge in [-0.05, 0) is 25.2 Å². The van der Waals surface area contributed by atoms with Crippen molar-refractivity contribution in [1.29, 1.82) is 0 Å². The van der Waals surface area contributed by atoms with E-state index in [1.165, 1.54) is 25.7 Å². The summed E-state index contributed by atoms with van der Waals surface area (Å²) in [5.74, 6) is 0.129. The minimum Gasteiger partial charge on any atom is -0.466 e. The summed E-state index contributed by atoms with van der Waals surface area (Å²) in [6.45, 7) is 4.21. The van der Waals surface area contributed by atoms with E-state index >= 15 is 0 Å². The summed E-state index contributed by atoms with van der Waals surface area (Å²) in [6.07, 6.45) is 4.95. The number of hydrogen-bond donors (Lipinski definition) is 1. The molecule has 1 aliphatic carbocycles. The molecule has 0 bridgehead atoms. The molecule has 3 heteroatoms. The normalized spacial score (nSPS) is 29.6. The van der Waals surface area contributed by atoms with Crippen LogP contribution in [0.2, 0.25) is 0 Å². The van der Waals surface area contributed by atoms with Crippen molar-refractivity contribution in [3.63, 3.8) is 0 Å². The van der Waals surface area contributed by atoms with Crippen LogP contribution < -0.4 is 5.32 Å². The van der Waals surface area contributed by atoms with Crippen LogP contribution in [0.5, 0.6) is 0 Å². The summed E-state index contributed by atoms with van der Waals surface area (Å²) in [6, 6.07) is 0. The van der Waals surface area contributed by atoms with E-state index < -0.39 is 0 Å². The number of nitrogens with one attached hydrogen (secondary N) is 1. The third kappa shape index (κ3) is 1.54. The van der Waals surface area contributed by atoms with Gasteiger partial charge in [-0.15, -0.1) is 0 Å². The van der Waals surface area contributed by atoms with Crippen LogP contribution in [-0.2, 0) is 9.53 Å². The lowest BCUT2D eigenvalue weighted by atomic mass is 9.76. The summed E-state index contributed by atoms with van der Waals surface area (Å²) in [7, 11) is 0. The second kappa shape index (κ2) is 3.89. The van der Waals surface area contributed by atoms with E-state index in [4.69, 9.17) is 4.74 Å². The fraction of sp³-hybridized carbons (Fsp3) is 0.909. The quantitative estimate of drug-likeness (QED) is 0.679. The largest absolute Gasteiger partial charge is 0.466 e. The Morgan fingerprint density at radius 1 is 1.50 bits per heavy atom. The SMILES string of the molecule is CCOC(=O)[C@H]1CNCC12CCCC2. The smallest absolute Gasteiger partial charge is 0.310 e. The maximum atomic E-state index is 11.7. The number of ether oxygens (including phenoxy) is 1. The zero-order chi connectivity index (χ0) is 10.0. The predicted molar refractivity (Wildman–Crippen MR) is 53.9 cm³/mol. The average Bonchev–Trinajstić information content (AvgIpc) is 2.78. The minimum atomic E-state index is 0.0133. The molecule has 0 aromatic carbocycles. The Morgan fingerprint density at radius 3 is 2.86 bits per heavy atom. The molecule has 1 spiro atoms. The highest BCUT2D eigenvalue weighted by Gasteiger charge is 2.48. The van der Waals surface area contributed by atoms with Gasteiger partial charge in [-0.2, -0.15) is 0 Å². The minimum absolute atomic E-state index is 0.0133. The van der Waals surface area contributed by atoms with Crippen LogP contribution in [0.4, 0.5) is 0 Å². The van der Waals surface area contributed by atoms with Crippen molar-refractivity contribution in [2.75, 3.05) is 19.7 Å². The van der Waals surface area contributed by atoms with Crippen molar-refractivity contribution >= 4 is 5.97 Å². The highest BCUT2D eigenvalue weighted by Crippen LogP contribution is 2.46. The van der Waals surface area contributed by atoms with Gasteiger partial charge in [0.1, 0.15) is 0 Å². The summed E-state index contributed by atoms with van der Waals surface area (Å²) in [4.78, 5) is 11.7. The molecule has 80 valence electrons. The first-order chi connectivity index (χ1) is 6.78. The first-order valence-electron chi connectivity index (χ1n) is 5.66. The molecule has 0 unspecified atom stereocenters. The molecule has 0 aromatic heterocycles. The zero-order valence-corrected chi connectivity index (χ0v) is 8.84. The third-order valence-corrected chi connectivity index (χ3v) is 3.74. The van der Waals surface area contributed by atoms with Gasteiger partial charge in [-0.3, -0.25) is 4.79 Å². The molecule has 1 saturated carbocycles. The van der Waals surface area contributed by atoms with Crippen LogP contribution in [0.25, 0.3) is 0 Å². The molecule has 2 fully saturated rings. The Bertz CT molecular complexity index is 216. The highest BCUT2D eigenvalue weighted by atomic mass is 16.5. The van der Waals surface area contributed by atoms with E-state index in [1.807, 2.05) is 6.92 Å². The number of rotatable bonds is 2. The van der Waals surface area contributed by atoms with Crippen molar-refractivity contribution in [2.24, 2.45) is 11.3 Å². The van der Waals surface area contributed by atoms with E-state index in [0.717, 1.165) is 13.1 Å². The molecule has 14 heavy (non-hydrogen) atoms. The molecular weight excluding hydrogens is 178 g/mol. The first-order valence-corrected chi connectivity index (χ1v) is 5.66. The molecule has 0 radical (unpaired) electrons. The molecule has 2 rings (SSSR count). The highest BCUT2D eigenvalue weighted by molar-refractivity contribution is 5.74. The van der Waals surface area contributed by atoms with Crippen molar-refractivity contribution in [3.8, 4) is 0 Å². The van der Waals surface area contributed by atoms with Crippen molar-refractivity contribution in [3.05, 3.63) is 0 Å². The van der Waals surface area contributed by atoms with Gasteiger partial charge in [0.15, 0.2) is 0 Å². The summed E-state index contributed by atoms with van der Waals surface area (Å²) in [5.41, 5.74) is 0.242. The fourth-order valence-electron chi connectivity index (χ4n) is 2.99. The Balaban J connectivity index is 2.06. The molecule has 1 aliphatic heterocycles. The summed E-state index contributed by atoms with van der Waals surface area (Å²) in [5, 5.41) is 3.34. The average molecular weight is 197 g/mol. The molecule has 0 amide bonds. The lowest BCUT2D eigenvalue weighted by molar-refractivity contribution is -0.150. The number of hydrogen-bond acceptors (Lipinski definition) is 3. The van der Waals surface area contributed by atoms with Crippen molar-refractivity contribution < 1.29 is 9.53 Å².